The van der Waals surface area contributed by atoms with Crippen LogP contribution in [0, 0.1) is 0 Å². The number of benzene rings is 2. The molecule has 0 saturated carbocycles. The highest BCUT2D eigenvalue weighted by atomic mass is 16.5. The molecular weight excluding hydrogens is 336 g/mol. The first-order valence-corrected chi connectivity index (χ1v) is 9.83. The van der Waals surface area contributed by atoms with Gasteiger partial charge in [-0.3, -0.25) is 4.79 Å². The van der Waals surface area contributed by atoms with E-state index in [2.05, 4.69) is 48.5 Å². The molecule has 4 rings (SSSR count). The summed E-state index contributed by atoms with van der Waals surface area (Å²) in [5.74, 6) is 0.232. The Bertz CT molecular complexity index is 783. The fraction of sp³-hybridized carbons (Fsp3) is 0.348. The Morgan fingerprint density at radius 2 is 1.63 bits per heavy atom. The Morgan fingerprint density at radius 3 is 2.26 bits per heavy atom. The average molecular weight is 363 g/mol. The Labute approximate surface area is 161 Å². The van der Waals surface area contributed by atoms with Crippen LogP contribution in [0.1, 0.15) is 23.6 Å². The largest absolute Gasteiger partial charge is 0.378 e. The number of ether oxygens (including phenoxy) is 1. The van der Waals surface area contributed by atoms with Crippen molar-refractivity contribution in [1.29, 1.82) is 0 Å². The summed E-state index contributed by atoms with van der Waals surface area (Å²) in [6.07, 6.45) is 3.32. The van der Waals surface area contributed by atoms with Crippen molar-refractivity contribution < 1.29 is 14.4 Å². The lowest BCUT2D eigenvalue weighted by atomic mass is 9.96. The summed E-state index contributed by atoms with van der Waals surface area (Å²) < 4.78 is 5.43. The van der Waals surface area contributed by atoms with Crippen LogP contribution in [-0.4, -0.2) is 50.2 Å². The van der Waals surface area contributed by atoms with E-state index in [-0.39, 0.29) is 11.9 Å². The van der Waals surface area contributed by atoms with Gasteiger partial charge < -0.3 is 14.5 Å². The van der Waals surface area contributed by atoms with E-state index in [0.717, 1.165) is 25.1 Å². The van der Waals surface area contributed by atoms with Gasteiger partial charge in [-0.1, -0.05) is 60.7 Å². The van der Waals surface area contributed by atoms with Gasteiger partial charge >= 0.3 is 0 Å². The van der Waals surface area contributed by atoms with Crippen molar-refractivity contribution in [3.8, 4) is 0 Å². The van der Waals surface area contributed by atoms with Crippen LogP contribution in [0.25, 0.3) is 5.57 Å². The summed E-state index contributed by atoms with van der Waals surface area (Å²) >= 11 is 0. The maximum Gasteiger partial charge on any atom is 0.285 e. The molecule has 0 aromatic heterocycles. The van der Waals surface area contributed by atoms with Gasteiger partial charge in [0.15, 0.2) is 6.04 Å². The highest BCUT2D eigenvalue weighted by Crippen LogP contribution is 2.20. The highest BCUT2D eigenvalue weighted by molar-refractivity contribution is 5.82. The molecule has 2 aromatic carbocycles. The first-order chi connectivity index (χ1) is 13.3. The molecule has 4 heteroatoms. The SMILES string of the molecule is O=C([C@H](c1ccccc1)[NH+]1CC=C(c2ccccc2)CC1)N1CCOCC1. The molecule has 1 amide bonds. The van der Waals surface area contributed by atoms with Gasteiger partial charge in [0.05, 0.1) is 26.3 Å². The minimum absolute atomic E-state index is 0.141. The summed E-state index contributed by atoms with van der Waals surface area (Å²) in [5.41, 5.74) is 3.80. The first-order valence-electron chi connectivity index (χ1n) is 9.83. The van der Waals surface area contributed by atoms with Gasteiger partial charge in [0.1, 0.15) is 0 Å². The molecule has 2 atom stereocenters. The molecule has 1 unspecified atom stereocenters. The van der Waals surface area contributed by atoms with Crippen LogP contribution in [0.3, 0.4) is 0 Å². The maximum atomic E-state index is 13.4. The molecule has 2 aliphatic heterocycles. The molecule has 2 heterocycles. The van der Waals surface area contributed by atoms with Crippen molar-refractivity contribution in [3.05, 3.63) is 77.9 Å². The second-order valence-electron chi connectivity index (χ2n) is 7.24. The fourth-order valence-electron chi connectivity index (χ4n) is 4.09. The normalized spacial score (nSPS) is 21.4. The zero-order chi connectivity index (χ0) is 18.5. The van der Waals surface area contributed by atoms with Crippen LogP contribution in [0.15, 0.2) is 66.7 Å². The molecule has 27 heavy (non-hydrogen) atoms. The van der Waals surface area contributed by atoms with E-state index in [0.29, 0.717) is 26.3 Å². The lowest BCUT2D eigenvalue weighted by Gasteiger charge is -2.35. The predicted molar refractivity (Wildman–Crippen MR) is 106 cm³/mol. The molecule has 1 N–H and O–H groups in total. The quantitative estimate of drug-likeness (QED) is 0.901. The zero-order valence-electron chi connectivity index (χ0n) is 15.6. The minimum Gasteiger partial charge on any atom is -0.378 e. The number of rotatable bonds is 4. The van der Waals surface area contributed by atoms with Gasteiger partial charge in [0, 0.05) is 25.1 Å². The molecular formula is C23H27N2O2+. The summed E-state index contributed by atoms with van der Waals surface area (Å²) in [7, 11) is 0. The van der Waals surface area contributed by atoms with Gasteiger partial charge in [-0.15, -0.1) is 0 Å². The molecule has 140 valence electrons. The van der Waals surface area contributed by atoms with Gasteiger partial charge in [-0.2, -0.15) is 0 Å². The number of carbonyl (C=O) groups excluding carboxylic acids is 1. The van der Waals surface area contributed by atoms with E-state index in [4.69, 9.17) is 4.74 Å². The molecule has 1 saturated heterocycles. The molecule has 4 nitrogen and oxygen atoms in total. The zero-order valence-corrected chi connectivity index (χ0v) is 15.6. The third kappa shape index (κ3) is 4.12. The Kier molecular flexibility index (Phi) is 5.66. The topological polar surface area (TPSA) is 34.0 Å². The summed E-state index contributed by atoms with van der Waals surface area (Å²) in [5, 5.41) is 0. The number of hydrogen-bond donors (Lipinski definition) is 1. The summed E-state index contributed by atoms with van der Waals surface area (Å²) in [4.78, 5) is 16.7. The van der Waals surface area contributed by atoms with Crippen molar-refractivity contribution in [1.82, 2.24) is 4.90 Å². The van der Waals surface area contributed by atoms with Crippen LogP contribution in [0.4, 0.5) is 0 Å². The molecule has 0 aliphatic carbocycles. The van der Waals surface area contributed by atoms with E-state index in [1.54, 1.807) is 0 Å². The molecule has 0 spiro atoms. The Hall–Kier alpha value is -2.43. The van der Waals surface area contributed by atoms with Crippen molar-refractivity contribution in [2.45, 2.75) is 12.5 Å². The van der Waals surface area contributed by atoms with Crippen molar-refractivity contribution in [2.24, 2.45) is 0 Å². The summed E-state index contributed by atoms with van der Waals surface area (Å²) in [6, 6.07) is 20.7. The number of quaternary nitrogens is 1. The molecule has 0 radical (unpaired) electrons. The lowest BCUT2D eigenvalue weighted by Crippen LogP contribution is -3.13. The second kappa shape index (κ2) is 8.51. The molecule has 2 aromatic rings. The van der Waals surface area contributed by atoms with Crippen LogP contribution < -0.4 is 4.90 Å². The van der Waals surface area contributed by atoms with Crippen molar-refractivity contribution >= 4 is 11.5 Å². The van der Waals surface area contributed by atoms with Gasteiger partial charge in [-0.25, -0.2) is 0 Å². The predicted octanol–water partition coefficient (Wildman–Crippen LogP) is 1.96. The highest BCUT2D eigenvalue weighted by Gasteiger charge is 2.36. The van der Waals surface area contributed by atoms with Crippen LogP contribution >= 0.6 is 0 Å². The van der Waals surface area contributed by atoms with Gasteiger partial charge in [0.25, 0.3) is 5.91 Å². The van der Waals surface area contributed by atoms with E-state index < -0.39 is 0 Å². The Balaban J connectivity index is 1.56. The van der Waals surface area contributed by atoms with E-state index >= 15 is 0 Å². The summed E-state index contributed by atoms with van der Waals surface area (Å²) in [6.45, 7) is 4.51. The number of nitrogens with one attached hydrogen (secondary N) is 1. The molecule has 0 bridgehead atoms. The monoisotopic (exact) mass is 363 g/mol. The van der Waals surface area contributed by atoms with E-state index in [1.807, 2.05) is 23.1 Å². The smallest absolute Gasteiger partial charge is 0.285 e. The second-order valence-corrected chi connectivity index (χ2v) is 7.24. The van der Waals surface area contributed by atoms with Crippen LogP contribution in [0.5, 0.6) is 0 Å². The van der Waals surface area contributed by atoms with Crippen molar-refractivity contribution in [3.63, 3.8) is 0 Å². The third-order valence-electron chi connectivity index (χ3n) is 5.58. The fourth-order valence-corrected chi connectivity index (χ4v) is 4.09. The number of amides is 1. The van der Waals surface area contributed by atoms with Gasteiger partial charge in [-0.05, 0) is 17.2 Å². The standard InChI is InChI=1S/C23H26N2O2/c26-23(25-15-17-27-18-16-25)22(21-9-5-2-6-10-21)24-13-11-20(12-14-24)19-7-3-1-4-8-19/h1-11,22H,12-18H2/p+1/t22-/m0/s1. The number of hydrogen-bond acceptors (Lipinski definition) is 2. The third-order valence-corrected chi connectivity index (χ3v) is 5.58. The Morgan fingerprint density at radius 1 is 0.963 bits per heavy atom. The molecule has 2 aliphatic rings. The number of nitrogens with zero attached hydrogens (tertiary/aromatic N) is 1. The lowest BCUT2D eigenvalue weighted by molar-refractivity contribution is -0.917. The number of carbonyl (C=O) groups is 1. The van der Waals surface area contributed by atoms with Crippen LogP contribution in [0.2, 0.25) is 0 Å². The van der Waals surface area contributed by atoms with Gasteiger partial charge in [0.2, 0.25) is 0 Å². The number of morpholine rings is 1. The molecule has 1 fully saturated rings. The van der Waals surface area contributed by atoms with Crippen molar-refractivity contribution in [2.75, 3.05) is 39.4 Å². The van der Waals surface area contributed by atoms with E-state index in [9.17, 15) is 4.79 Å². The maximum absolute atomic E-state index is 13.4. The average Bonchev–Trinajstić information content (AvgIpc) is 2.76. The van der Waals surface area contributed by atoms with E-state index in [1.165, 1.54) is 16.0 Å². The minimum atomic E-state index is -0.141. The first kappa shape index (κ1) is 18.0. The van der Waals surface area contributed by atoms with Crippen LogP contribution in [-0.2, 0) is 9.53 Å².